The molecule has 24 heavy (non-hydrogen) atoms. The highest BCUT2D eigenvalue weighted by Crippen LogP contribution is 2.33. The number of fused-ring (bicyclic) bond motifs is 1. The minimum absolute atomic E-state index is 0.00568. The van der Waals surface area contributed by atoms with Gasteiger partial charge in [-0.3, -0.25) is 4.90 Å². The molecule has 0 saturated heterocycles. The van der Waals surface area contributed by atoms with Gasteiger partial charge in [0, 0.05) is 19.7 Å². The number of nitrogen functional groups attached to an aromatic ring is 1. The van der Waals surface area contributed by atoms with E-state index < -0.39 is 0 Å². The van der Waals surface area contributed by atoms with E-state index >= 15 is 0 Å². The summed E-state index contributed by atoms with van der Waals surface area (Å²) >= 11 is 0. The van der Waals surface area contributed by atoms with Gasteiger partial charge >= 0.3 is 0 Å². The van der Waals surface area contributed by atoms with Crippen molar-refractivity contribution in [2.24, 2.45) is 0 Å². The SMILES string of the molecule is Cc1nnc([C@H]2Cc3ccccc3CN2Cc2nccc(N)n2)o1. The van der Waals surface area contributed by atoms with E-state index in [4.69, 9.17) is 10.2 Å². The predicted molar refractivity (Wildman–Crippen MR) is 87.6 cm³/mol. The average Bonchev–Trinajstić information content (AvgIpc) is 3.00. The van der Waals surface area contributed by atoms with Crippen molar-refractivity contribution in [2.75, 3.05) is 5.73 Å². The average molecular weight is 322 g/mol. The molecule has 2 N–H and O–H groups in total. The van der Waals surface area contributed by atoms with E-state index in [0.717, 1.165) is 13.0 Å². The molecule has 1 aromatic carbocycles. The number of nitrogens with zero attached hydrogens (tertiary/aromatic N) is 5. The molecule has 3 aromatic rings. The zero-order valence-corrected chi connectivity index (χ0v) is 13.4. The summed E-state index contributed by atoms with van der Waals surface area (Å²) in [4.78, 5) is 10.9. The molecule has 0 spiro atoms. The van der Waals surface area contributed by atoms with Gasteiger partial charge in [0.2, 0.25) is 11.8 Å². The lowest BCUT2D eigenvalue weighted by molar-refractivity contribution is 0.134. The molecule has 7 heteroatoms. The van der Waals surface area contributed by atoms with Crippen LogP contribution in [-0.4, -0.2) is 25.1 Å². The number of nitrogens with two attached hydrogens (primary N) is 1. The Morgan fingerprint density at radius 2 is 2.04 bits per heavy atom. The molecular weight excluding hydrogens is 304 g/mol. The molecular formula is C17H18N6O. The summed E-state index contributed by atoms with van der Waals surface area (Å²) in [6.45, 7) is 3.16. The normalized spacial score (nSPS) is 17.6. The summed E-state index contributed by atoms with van der Waals surface area (Å²) in [5, 5.41) is 8.21. The second-order valence-corrected chi connectivity index (χ2v) is 5.95. The Hall–Kier alpha value is -2.80. The van der Waals surface area contributed by atoms with Crippen LogP contribution >= 0.6 is 0 Å². The fraction of sp³-hybridized carbons (Fsp3) is 0.294. The number of hydrogen-bond acceptors (Lipinski definition) is 7. The fourth-order valence-corrected chi connectivity index (χ4v) is 3.11. The lowest BCUT2D eigenvalue weighted by Crippen LogP contribution is -2.34. The first-order chi connectivity index (χ1) is 11.7. The summed E-state index contributed by atoms with van der Waals surface area (Å²) in [7, 11) is 0. The molecule has 3 heterocycles. The zero-order valence-electron chi connectivity index (χ0n) is 13.4. The van der Waals surface area contributed by atoms with E-state index in [9.17, 15) is 0 Å². The predicted octanol–water partition coefficient (Wildman–Crippen LogP) is 2.05. The van der Waals surface area contributed by atoms with E-state index in [1.807, 2.05) is 0 Å². The van der Waals surface area contributed by atoms with Crippen LogP contribution in [0.4, 0.5) is 5.82 Å². The highest BCUT2D eigenvalue weighted by Gasteiger charge is 2.31. The molecule has 122 valence electrons. The molecule has 0 unspecified atom stereocenters. The van der Waals surface area contributed by atoms with Gasteiger partial charge in [0.25, 0.3) is 0 Å². The van der Waals surface area contributed by atoms with Gasteiger partial charge in [-0.15, -0.1) is 10.2 Å². The largest absolute Gasteiger partial charge is 0.424 e. The molecule has 4 rings (SSSR count). The number of anilines is 1. The van der Waals surface area contributed by atoms with E-state index in [-0.39, 0.29) is 6.04 Å². The van der Waals surface area contributed by atoms with E-state index in [1.165, 1.54) is 11.1 Å². The van der Waals surface area contributed by atoms with Crippen molar-refractivity contribution in [1.29, 1.82) is 0 Å². The quantitative estimate of drug-likeness (QED) is 0.788. The molecule has 1 aliphatic heterocycles. The van der Waals surface area contributed by atoms with E-state index in [1.54, 1.807) is 19.2 Å². The number of benzene rings is 1. The van der Waals surface area contributed by atoms with Crippen molar-refractivity contribution in [3.63, 3.8) is 0 Å². The summed E-state index contributed by atoms with van der Waals surface area (Å²) in [5.41, 5.74) is 8.39. The Bertz CT molecular complexity index is 862. The second kappa shape index (κ2) is 6.01. The molecule has 0 aliphatic carbocycles. The van der Waals surface area contributed by atoms with Crippen LogP contribution in [0.1, 0.15) is 34.8 Å². The Balaban J connectivity index is 1.68. The van der Waals surface area contributed by atoms with Gasteiger partial charge in [0.1, 0.15) is 11.6 Å². The third kappa shape index (κ3) is 2.85. The van der Waals surface area contributed by atoms with Crippen molar-refractivity contribution >= 4 is 5.82 Å². The number of aromatic nitrogens is 4. The first-order valence-electron chi connectivity index (χ1n) is 7.87. The van der Waals surface area contributed by atoms with Crippen LogP contribution in [0, 0.1) is 6.92 Å². The Kier molecular flexibility index (Phi) is 3.70. The maximum atomic E-state index is 5.78. The summed E-state index contributed by atoms with van der Waals surface area (Å²) in [6, 6.07) is 10.1. The smallest absolute Gasteiger partial charge is 0.233 e. The standard InChI is InChI=1S/C17H18N6O/c1-11-21-22-17(24-11)14-8-12-4-2-3-5-13(12)9-23(14)10-16-19-7-6-15(18)20-16/h2-7,14H,8-10H2,1H3,(H2,18,19,20)/t14-/m1/s1. The molecule has 0 radical (unpaired) electrons. The molecule has 2 aromatic heterocycles. The van der Waals surface area contributed by atoms with Gasteiger partial charge in [0.05, 0.1) is 12.6 Å². The van der Waals surface area contributed by atoms with Crippen LogP contribution in [0.2, 0.25) is 0 Å². The van der Waals surface area contributed by atoms with Crippen LogP contribution in [0.25, 0.3) is 0 Å². The summed E-state index contributed by atoms with van der Waals surface area (Å²) in [6.07, 6.45) is 2.50. The fourth-order valence-electron chi connectivity index (χ4n) is 3.11. The number of aryl methyl sites for hydroxylation is 1. The van der Waals surface area contributed by atoms with Crippen LogP contribution < -0.4 is 5.73 Å². The summed E-state index contributed by atoms with van der Waals surface area (Å²) < 4.78 is 5.70. The van der Waals surface area contributed by atoms with Crippen molar-refractivity contribution in [3.8, 4) is 0 Å². The highest BCUT2D eigenvalue weighted by atomic mass is 16.4. The maximum Gasteiger partial charge on any atom is 0.233 e. The minimum atomic E-state index is 0.00568. The van der Waals surface area contributed by atoms with E-state index in [0.29, 0.717) is 30.0 Å². The van der Waals surface area contributed by atoms with Crippen molar-refractivity contribution in [1.82, 2.24) is 25.1 Å². The first kappa shape index (κ1) is 14.8. The third-order valence-corrected chi connectivity index (χ3v) is 4.24. The van der Waals surface area contributed by atoms with Crippen LogP contribution in [-0.2, 0) is 19.5 Å². The minimum Gasteiger partial charge on any atom is -0.424 e. The van der Waals surface area contributed by atoms with Crippen LogP contribution in [0.5, 0.6) is 0 Å². The maximum absolute atomic E-state index is 5.78. The van der Waals surface area contributed by atoms with Gasteiger partial charge in [-0.05, 0) is 23.6 Å². The Morgan fingerprint density at radius 3 is 2.79 bits per heavy atom. The van der Waals surface area contributed by atoms with Crippen molar-refractivity contribution in [2.45, 2.75) is 32.5 Å². The first-order valence-corrected chi connectivity index (χ1v) is 7.87. The van der Waals surface area contributed by atoms with Gasteiger partial charge in [-0.25, -0.2) is 9.97 Å². The zero-order chi connectivity index (χ0) is 16.5. The number of rotatable bonds is 3. The lowest BCUT2D eigenvalue weighted by atomic mass is 9.94. The monoisotopic (exact) mass is 322 g/mol. The van der Waals surface area contributed by atoms with Crippen LogP contribution in [0.3, 0.4) is 0 Å². The van der Waals surface area contributed by atoms with Gasteiger partial charge in [-0.1, -0.05) is 24.3 Å². The molecule has 0 fully saturated rings. The van der Waals surface area contributed by atoms with Gasteiger partial charge in [0.15, 0.2) is 0 Å². The van der Waals surface area contributed by atoms with Crippen molar-refractivity contribution in [3.05, 3.63) is 65.3 Å². The third-order valence-electron chi connectivity index (χ3n) is 4.24. The van der Waals surface area contributed by atoms with Crippen LogP contribution in [0.15, 0.2) is 40.9 Å². The summed E-state index contributed by atoms with van der Waals surface area (Å²) in [5.74, 6) is 2.37. The van der Waals surface area contributed by atoms with E-state index in [2.05, 4.69) is 49.3 Å². The highest BCUT2D eigenvalue weighted by molar-refractivity contribution is 5.31. The second-order valence-electron chi connectivity index (χ2n) is 5.95. The molecule has 7 nitrogen and oxygen atoms in total. The Labute approximate surface area is 139 Å². The number of hydrogen-bond donors (Lipinski definition) is 1. The van der Waals surface area contributed by atoms with Gasteiger partial charge < -0.3 is 10.2 Å². The molecule has 1 atom stereocenters. The lowest BCUT2D eigenvalue weighted by Gasteiger charge is -2.34. The Morgan fingerprint density at radius 1 is 1.21 bits per heavy atom. The molecule has 0 bridgehead atoms. The topological polar surface area (TPSA) is 94.0 Å². The molecule has 1 aliphatic rings. The van der Waals surface area contributed by atoms with Gasteiger partial charge in [-0.2, -0.15) is 0 Å². The van der Waals surface area contributed by atoms with Crippen molar-refractivity contribution < 1.29 is 4.42 Å². The molecule has 0 amide bonds. The molecule has 0 saturated carbocycles.